The quantitative estimate of drug-likeness (QED) is 0.670. The van der Waals surface area contributed by atoms with Gasteiger partial charge in [0.05, 0.1) is 7.11 Å². The third-order valence-electron chi connectivity index (χ3n) is 3.93. The molecule has 1 aliphatic heterocycles. The Morgan fingerprint density at radius 1 is 1.26 bits per heavy atom. The Hall–Kier alpha value is -2.48. The van der Waals surface area contributed by atoms with Crippen molar-refractivity contribution in [2.24, 2.45) is 0 Å². The second kappa shape index (κ2) is 8.84. The molecule has 0 unspecified atom stereocenters. The second-order valence-electron chi connectivity index (χ2n) is 5.64. The summed E-state index contributed by atoms with van der Waals surface area (Å²) in [5, 5.41) is 12.0. The molecule has 0 bridgehead atoms. The molecular weight excluding hydrogens is 290 g/mol. The lowest BCUT2D eigenvalue weighted by Gasteiger charge is -2.17. The normalized spacial score (nSPS) is 15.5. The first-order chi connectivity index (χ1) is 11.2. The van der Waals surface area contributed by atoms with Crippen LogP contribution in [0, 0.1) is 11.3 Å². The summed E-state index contributed by atoms with van der Waals surface area (Å²) in [6.07, 6.45) is 6.37. The van der Waals surface area contributed by atoms with Crippen molar-refractivity contribution in [3.05, 3.63) is 41.6 Å². The Labute approximate surface area is 137 Å². The molecule has 122 valence electrons. The molecule has 0 aromatic heterocycles. The van der Waals surface area contributed by atoms with Gasteiger partial charge in [-0.1, -0.05) is 25.0 Å². The number of carbonyl (C=O) groups is 1. The largest absolute Gasteiger partial charge is 0.497 e. The van der Waals surface area contributed by atoms with E-state index in [0.29, 0.717) is 6.54 Å². The maximum absolute atomic E-state index is 12.2. The number of rotatable bonds is 5. The van der Waals surface area contributed by atoms with E-state index in [1.54, 1.807) is 13.3 Å². The summed E-state index contributed by atoms with van der Waals surface area (Å²) in [6.45, 7) is 2.22. The van der Waals surface area contributed by atoms with Gasteiger partial charge in [-0.05, 0) is 30.5 Å². The lowest BCUT2D eigenvalue weighted by molar-refractivity contribution is -0.117. The smallest absolute Gasteiger partial charge is 0.263 e. The predicted molar refractivity (Wildman–Crippen MR) is 88.6 cm³/mol. The fourth-order valence-corrected chi connectivity index (χ4v) is 2.57. The number of nitrogens with one attached hydrogen (secondary N) is 1. The molecule has 1 heterocycles. The van der Waals surface area contributed by atoms with E-state index in [9.17, 15) is 10.1 Å². The first-order valence-corrected chi connectivity index (χ1v) is 8.00. The van der Waals surface area contributed by atoms with Crippen molar-refractivity contribution >= 4 is 5.91 Å². The Morgan fingerprint density at radius 2 is 1.91 bits per heavy atom. The minimum atomic E-state index is -0.326. The molecule has 0 atom stereocenters. The van der Waals surface area contributed by atoms with Crippen LogP contribution in [0.5, 0.6) is 5.75 Å². The van der Waals surface area contributed by atoms with Gasteiger partial charge >= 0.3 is 0 Å². The van der Waals surface area contributed by atoms with Crippen molar-refractivity contribution < 1.29 is 9.53 Å². The van der Waals surface area contributed by atoms with Crippen LogP contribution in [0.15, 0.2) is 36.0 Å². The Balaban J connectivity index is 1.92. The third kappa shape index (κ3) is 5.33. The number of nitriles is 1. The number of amides is 1. The van der Waals surface area contributed by atoms with Crippen molar-refractivity contribution in [2.75, 3.05) is 20.2 Å². The van der Waals surface area contributed by atoms with E-state index in [2.05, 4.69) is 10.2 Å². The molecule has 23 heavy (non-hydrogen) atoms. The number of hydrogen-bond acceptors (Lipinski definition) is 4. The highest BCUT2D eigenvalue weighted by atomic mass is 16.5. The number of benzene rings is 1. The van der Waals surface area contributed by atoms with Crippen LogP contribution >= 0.6 is 0 Å². The zero-order valence-corrected chi connectivity index (χ0v) is 13.5. The highest BCUT2D eigenvalue weighted by Gasteiger charge is 2.12. The van der Waals surface area contributed by atoms with Gasteiger partial charge in [0.1, 0.15) is 17.4 Å². The van der Waals surface area contributed by atoms with E-state index >= 15 is 0 Å². The monoisotopic (exact) mass is 313 g/mol. The van der Waals surface area contributed by atoms with Crippen LogP contribution in [0.25, 0.3) is 0 Å². The molecule has 1 amide bonds. The zero-order chi connectivity index (χ0) is 16.5. The van der Waals surface area contributed by atoms with Gasteiger partial charge in [-0.2, -0.15) is 5.26 Å². The molecule has 0 radical (unpaired) electrons. The summed E-state index contributed by atoms with van der Waals surface area (Å²) in [5.74, 6) is 0.450. The van der Waals surface area contributed by atoms with Gasteiger partial charge in [0.2, 0.25) is 0 Å². The van der Waals surface area contributed by atoms with Gasteiger partial charge in [0.15, 0.2) is 0 Å². The van der Waals surface area contributed by atoms with E-state index in [-0.39, 0.29) is 11.5 Å². The van der Waals surface area contributed by atoms with E-state index in [1.807, 2.05) is 30.3 Å². The summed E-state index contributed by atoms with van der Waals surface area (Å²) in [7, 11) is 1.61. The van der Waals surface area contributed by atoms with Crippen molar-refractivity contribution in [3.8, 4) is 11.8 Å². The van der Waals surface area contributed by atoms with Gasteiger partial charge in [0.25, 0.3) is 5.91 Å². The van der Waals surface area contributed by atoms with Crippen LogP contribution in [-0.4, -0.2) is 31.0 Å². The number of nitrogens with zero attached hydrogens (tertiary/aromatic N) is 2. The fourth-order valence-electron chi connectivity index (χ4n) is 2.57. The first kappa shape index (κ1) is 16.9. The number of ether oxygens (including phenoxy) is 1. The van der Waals surface area contributed by atoms with Crippen molar-refractivity contribution in [2.45, 2.75) is 32.2 Å². The Morgan fingerprint density at radius 3 is 2.48 bits per heavy atom. The highest BCUT2D eigenvalue weighted by Crippen LogP contribution is 2.12. The average Bonchev–Trinajstić information content (AvgIpc) is 2.86. The topological polar surface area (TPSA) is 65.4 Å². The van der Waals surface area contributed by atoms with Crippen molar-refractivity contribution in [3.63, 3.8) is 0 Å². The van der Waals surface area contributed by atoms with Crippen LogP contribution in [0.1, 0.15) is 31.2 Å². The van der Waals surface area contributed by atoms with E-state index in [4.69, 9.17) is 4.74 Å². The summed E-state index contributed by atoms with van der Waals surface area (Å²) in [4.78, 5) is 14.3. The maximum Gasteiger partial charge on any atom is 0.263 e. The number of likely N-dealkylation sites (tertiary alicyclic amines) is 1. The maximum atomic E-state index is 12.2. The predicted octanol–water partition coefficient (Wildman–Crippen LogP) is 2.59. The molecule has 1 aromatic rings. The summed E-state index contributed by atoms with van der Waals surface area (Å²) in [5.41, 5.74) is 1.13. The molecule has 5 heteroatoms. The van der Waals surface area contributed by atoms with Gasteiger partial charge < -0.3 is 15.0 Å². The Bertz CT molecular complexity index is 579. The number of methoxy groups -OCH3 is 1. The molecule has 0 aliphatic carbocycles. The molecule has 1 saturated heterocycles. The van der Waals surface area contributed by atoms with Crippen LogP contribution in [0.3, 0.4) is 0 Å². The molecular formula is C18H23N3O2. The van der Waals surface area contributed by atoms with Crippen LogP contribution in [0.4, 0.5) is 0 Å². The molecule has 0 spiro atoms. The summed E-state index contributed by atoms with van der Waals surface area (Å²) in [6, 6.07) is 9.49. The van der Waals surface area contributed by atoms with Gasteiger partial charge in [-0.25, -0.2) is 0 Å². The fraction of sp³-hybridized carbons (Fsp3) is 0.444. The number of carbonyl (C=O) groups excluding carboxylic acids is 1. The molecule has 0 saturated carbocycles. The molecule has 2 rings (SSSR count). The lowest BCUT2D eigenvalue weighted by atomic mass is 10.2. The van der Waals surface area contributed by atoms with E-state index in [1.165, 1.54) is 12.8 Å². The standard InChI is InChI=1S/C18H23N3O2/c1-23-17-8-6-15(7-9-17)13-20-18(22)16(12-19)14-21-10-4-2-3-5-11-21/h6-9,14H,2-5,10-11,13H2,1H3,(H,20,22)/b16-14-. The Kier molecular flexibility index (Phi) is 6.49. The molecule has 1 aromatic carbocycles. The highest BCUT2D eigenvalue weighted by molar-refractivity contribution is 5.97. The van der Waals surface area contributed by atoms with E-state index < -0.39 is 0 Å². The SMILES string of the molecule is COc1ccc(CNC(=O)/C(C#N)=C\N2CCCCCC2)cc1. The molecule has 1 fully saturated rings. The average molecular weight is 313 g/mol. The first-order valence-electron chi connectivity index (χ1n) is 8.00. The molecule has 1 N–H and O–H groups in total. The van der Waals surface area contributed by atoms with Gasteiger partial charge in [-0.15, -0.1) is 0 Å². The van der Waals surface area contributed by atoms with Crippen molar-refractivity contribution in [1.29, 1.82) is 5.26 Å². The minimum Gasteiger partial charge on any atom is -0.497 e. The third-order valence-corrected chi connectivity index (χ3v) is 3.93. The van der Waals surface area contributed by atoms with Gasteiger partial charge in [0, 0.05) is 25.8 Å². The lowest BCUT2D eigenvalue weighted by Crippen LogP contribution is -2.27. The van der Waals surface area contributed by atoms with Crippen molar-refractivity contribution in [1.82, 2.24) is 10.2 Å². The minimum absolute atomic E-state index is 0.167. The zero-order valence-electron chi connectivity index (χ0n) is 13.5. The number of hydrogen-bond donors (Lipinski definition) is 1. The summed E-state index contributed by atoms with van der Waals surface area (Å²) >= 11 is 0. The van der Waals surface area contributed by atoms with Crippen LogP contribution in [-0.2, 0) is 11.3 Å². The summed E-state index contributed by atoms with van der Waals surface area (Å²) < 4.78 is 5.10. The van der Waals surface area contributed by atoms with Crippen LogP contribution < -0.4 is 10.1 Å². The second-order valence-corrected chi connectivity index (χ2v) is 5.64. The molecule has 1 aliphatic rings. The molecule has 5 nitrogen and oxygen atoms in total. The van der Waals surface area contributed by atoms with Gasteiger partial charge in [-0.3, -0.25) is 4.79 Å². The van der Waals surface area contributed by atoms with Crippen LogP contribution in [0.2, 0.25) is 0 Å². The van der Waals surface area contributed by atoms with E-state index in [0.717, 1.165) is 37.2 Å².